The lowest BCUT2D eigenvalue weighted by Crippen LogP contribution is -2.45. The van der Waals surface area contributed by atoms with E-state index >= 15 is 0 Å². The monoisotopic (exact) mass is 426 g/mol. The van der Waals surface area contributed by atoms with Crippen molar-refractivity contribution in [2.24, 2.45) is 5.73 Å². The molecule has 3 N–H and O–H groups in total. The fourth-order valence-corrected chi connectivity index (χ4v) is 5.25. The van der Waals surface area contributed by atoms with Crippen LogP contribution in [-0.2, 0) is 16.6 Å². The first kappa shape index (κ1) is 18.8. The normalized spacial score (nSPS) is 22.9. The predicted octanol–water partition coefficient (Wildman–Crippen LogP) is 2.95. The van der Waals surface area contributed by atoms with Crippen molar-refractivity contribution < 1.29 is 14.3 Å². The minimum atomic E-state index is -1.26. The Balaban J connectivity index is 1.61. The van der Waals surface area contributed by atoms with E-state index in [0.717, 1.165) is 52.2 Å². The van der Waals surface area contributed by atoms with Crippen LogP contribution in [0.3, 0.4) is 0 Å². The summed E-state index contributed by atoms with van der Waals surface area (Å²) in [5, 5.41) is 13.1. The predicted molar refractivity (Wildman–Crippen MR) is 119 cm³/mol. The zero-order chi connectivity index (χ0) is 22.0. The maximum Gasteiger partial charge on any atom is 0.244 e. The van der Waals surface area contributed by atoms with Crippen molar-refractivity contribution in [2.45, 2.75) is 25.2 Å². The minimum Gasteiger partial charge on any atom is -0.490 e. The molecule has 32 heavy (non-hydrogen) atoms. The third-order valence-corrected chi connectivity index (χ3v) is 6.85. The van der Waals surface area contributed by atoms with Gasteiger partial charge >= 0.3 is 0 Å². The smallest absolute Gasteiger partial charge is 0.244 e. The number of nitriles is 1. The highest BCUT2D eigenvalue weighted by atomic mass is 16.5. The number of benzene rings is 2. The van der Waals surface area contributed by atoms with Crippen molar-refractivity contribution in [1.29, 1.82) is 5.26 Å². The third kappa shape index (κ3) is 2.32. The summed E-state index contributed by atoms with van der Waals surface area (Å²) in [6.45, 7) is 3.78. The van der Waals surface area contributed by atoms with Gasteiger partial charge in [0.15, 0.2) is 11.5 Å². The summed E-state index contributed by atoms with van der Waals surface area (Å²) in [6, 6.07) is 12.0. The number of carbonyl (C=O) groups excluding carboxylic acids is 1. The molecule has 1 amide bonds. The molecule has 1 atom stereocenters. The Labute approximate surface area is 185 Å². The van der Waals surface area contributed by atoms with Crippen LogP contribution in [0.2, 0.25) is 0 Å². The zero-order valence-corrected chi connectivity index (χ0v) is 17.7. The molecule has 1 unspecified atom stereocenters. The molecule has 160 valence electrons. The Hall–Kier alpha value is -3.92. The number of anilines is 1. The van der Waals surface area contributed by atoms with Gasteiger partial charge in [-0.3, -0.25) is 4.79 Å². The molecule has 0 saturated heterocycles. The highest BCUT2D eigenvalue weighted by Crippen LogP contribution is 2.52. The molecule has 4 aliphatic rings. The lowest BCUT2D eigenvalue weighted by molar-refractivity contribution is -0.118. The van der Waals surface area contributed by atoms with E-state index in [1.165, 1.54) is 0 Å². The van der Waals surface area contributed by atoms with Gasteiger partial charge in [0, 0.05) is 35.5 Å². The molecule has 0 aromatic heterocycles. The molecule has 1 spiro atoms. The standard InChI is InChI=1S/C25H22N4O3/c1-14-4-2-5-17-22(14)28-24(30)25(17)12-19-16-11-21-20(31-8-3-9-32-21)10-15(16)6-7-29(19)23(27)18(25)13-26/h2,4-5,10-12H,3,6-9,27H2,1H3,(H,28,30). The van der Waals surface area contributed by atoms with Crippen molar-refractivity contribution in [3.8, 4) is 17.6 Å². The number of fused-ring (bicyclic) bond motifs is 6. The van der Waals surface area contributed by atoms with Gasteiger partial charge in [-0.1, -0.05) is 18.2 Å². The van der Waals surface area contributed by atoms with Gasteiger partial charge in [-0.15, -0.1) is 0 Å². The molecule has 0 fully saturated rings. The fraction of sp³-hybridized carbons (Fsp3) is 0.280. The van der Waals surface area contributed by atoms with E-state index in [4.69, 9.17) is 15.2 Å². The second-order valence-corrected chi connectivity index (χ2v) is 8.57. The Morgan fingerprint density at radius 3 is 2.78 bits per heavy atom. The van der Waals surface area contributed by atoms with Gasteiger partial charge in [0.05, 0.1) is 18.8 Å². The lowest BCUT2D eigenvalue weighted by Gasteiger charge is -2.41. The molecule has 6 rings (SSSR count). The number of nitrogens with one attached hydrogen (secondary N) is 1. The van der Waals surface area contributed by atoms with E-state index in [2.05, 4.69) is 11.4 Å². The second-order valence-electron chi connectivity index (χ2n) is 8.57. The van der Waals surface area contributed by atoms with Crippen LogP contribution < -0.4 is 20.5 Å². The summed E-state index contributed by atoms with van der Waals surface area (Å²) >= 11 is 0. The van der Waals surface area contributed by atoms with Crippen LogP contribution in [-0.4, -0.2) is 30.6 Å². The lowest BCUT2D eigenvalue weighted by atomic mass is 9.71. The van der Waals surface area contributed by atoms with Crippen LogP contribution in [0.1, 0.15) is 28.7 Å². The summed E-state index contributed by atoms with van der Waals surface area (Å²) in [6.07, 6.45) is 3.48. The van der Waals surface area contributed by atoms with Crippen LogP contribution in [0.5, 0.6) is 11.5 Å². The van der Waals surface area contributed by atoms with Crippen LogP contribution >= 0.6 is 0 Å². The van der Waals surface area contributed by atoms with Crippen LogP contribution in [0.25, 0.3) is 5.70 Å². The number of para-hydroxylation sites is 1. The van der Waals surface area contributed by atoms with Crippen molar-refractivity contribution in [2.75, 3.05) is 25.1 Å². The van der Waals surface area contributed by atoms with Gasteiger partial charge in [0.2, 0.25) is 5.91 Å². The molecule has 0 aliphatic carbocycles. The van der Waals surface area contributed by atoms with E-state index < -0.39 is 5.41 Å². The van der Waals surface area contributed by atoms with Crippen LogP contribution in [0.15, 0.2) is 47.8 Å². The Kier molecular flexibility index (Phi) is 3.84. The molecule has 7 heteroatoms. The summed E-state index contributed by atoms with van der Waals surface area (Å²) in [5.74, 6) is 1.52. The molecule has 2 aromatic carbocycles. The van der Waals surface area contributed by atoms with Gasteiger partial charge in [-0.05, 0) is 42.7 Å². The first-order valence-corrected chi connectivity index (χ1v) is 10.8. The Morgan fingerprint density at radius 1 is 1.22 bits per heavy atom. The number of carbonyl (C=O) groups is 1. The van der Waals surface area contributed by atoms with E-state index in [1.54, 1.807) is 0 Å². The molecule has 7 nitrogen and oxygen atoms in total. The summed E-state index contributed by atoms with van der Waals surface area (Å²) in [4.78, 5) is 15.4. The molecular formula is C25H22N4O3. The van der Waals surface area contributed by atoms with Crippen LogP contribution in [0.4, 0.5) is 5.69 Å². The van der Waals surface area contributed by atoms with E-state index in [9.17, 15) is 10.1 Å². The number of nitrogens with two attached hydrogens (primary N) is 1. The van der Waals surface area contributed by atoms with Crippen molar-refractivity contribution in [1.82, 2.24) is 4.90 Å². The van der Waals surface area contributed by atoms with Crippen molar-refractivity contribution in [3.63, 3.8) is 0 Å². The maximum atomic E-state index is 13.5. The number of aryl methyl sites for hydroxylation is 1. The van der Waals surface area contributed by atoms with E-state index in [0.29, 0.717) is 31.3 Å². The molecular weight excluding hydrogens is 404 g/mol. The minimum absolute atomic E-state index is 0.255. The first-order chi connectivity index (χ1) is 15.5. The molecule has 0 saturated carbocycles. The SMILES string of the molecule is Cc1cccc2c1NC(=O)C21C=C2c3cc4c(cc3CCN2C(N)=C1C#N)OCCCO4. The average molecular weight is 426 g/mol. The number of rotatable bonds is 0. The van der Waals surface area contributed by atoms with Gasteiger partial charge < -0.3 is 25.4 Å². The summed E-state index contributed by atoms with van der Waals surface area (Å²) in [7, 11) is 0. The highest BCUT2D eigenvalue weighted by Gasteiger charge is 2.53. The Morgan fingerprint density at radius 2 is 2.00 bits per heavy atom. The largest absolute Gasteiger partial charge is 0.490 e. The highest BCUT2D eigenvalue weighted by molar-refractivity contribution is 6.13. The molecule has 4 heterocycles. The van der Waals surface area contributed by atoms with Crippen LogP contribution in [0, 0.1) is 18.3 Å². The molecule has 4 aliphatic heterocycles. The second kappa shape index (κ2) is 6.54. The van der Waals surface area contributed by atoms with Crippen molar-refractivity contribution in [3.05, 3.63) is 70.1 Å². The van der Waals surface area contributed by atoms with Gasteiger partial charge in [-0.25, -0.2) is 0 Å². The third-order valence-electron chi connectivity index (χ3n) is 6.85. The molecule has 0 radical (unpaired) electrons. The van der Waals surface area contributed by atoms with Crippen molar-refractivity contribution >= 4 is 17.3 Å². The van der Waals surface area contributed by atoms with E-state index in [1.807, 2.05) is 48.2 Å². The van der Waals surface area contributed by atoms with E-state index in [-0.39, 0.29) is 11.5 Å². The topological polar surface area (TPSA) is 101 Å². The quantitative estimate of drug-likeness (QED) is 0.672. The average Bonchev–Trinajstić information content (AvgIpc) is 2.93. The maximum absolute atomic E-state index is 13.5. The summed E-state index contributed by atoms with van der Waals surface area (Å²) in [5.41, 5.74) is 10.9. The first-order valence-electron chi connectivity index (χ1n) is 10.8. The number of hydrogen-bond donors (Lipinski definition) is 2. The Bertz CT molecular complexity index is 1300. The van der Waals surface area contributed by atoms with Gasteiger partial charge in [-0.2, -0.15) is 5.26 Å². The number of nitrogens with zero attached hydrogens (tertiary/aromatic N) is 2. The number of ether oxygens (including phenoxy) is 2. The number of amides is 1. The molecule has 0 bridgehead atoms. The summed E-state index contributed by atoms with van der Waals surface area (Å²) < 4.78 is 11.8. The fourth-order valence-electron chi connectivity index (χ4n) is 5.25. The van der Waals surface area contributed by atoms with Gasteiger partial charge in [0.1, 0.15) is 17.3 Å². The zero-order valence-electron chi connectivity index (χ0n) is 17.7. The molecule has 2 aromatic rings. The van der Waals surface area contributed by atoms with Gasteiger partial charge in [0.25, 0.3) is 0 Å². The number of hydrogen-bond acceptors (Lipinski definition) is 6.